The van der Waals surface area contributed by atoms with Crippen molar-refractivity contribution in [3.8, 4) is 0 Å². The van der Waals surface area contributed by atoms with Gasteiger partial charge < -0.3 is 10.1 Å². The van der Waals surface area contributed by atoms with Gasteiger partial charge in [0.15, 0.2) is 0 Å². The highest BCUT2D eigenvalue weighted by Crippen LogP contribution is 2.24. The molecule has 0 bridgehead atoms. The van der Waals surface area contributed by atoms with E-state index in [1.54, 1.807) is 7.11 Å². The van der Waals surface area contributed by atoms with Gasteiger partial charge in [-0.1, -0.05) is 48.0 Å². The Morgan fingerprint density at radius 3 is 2.33 bits per heavy atom. The number of methoxy groups -OCH3 is 1. The molecule has 3 rings (SSSR count). The summed E-state index contributed by atoms with van der Waals surface area (Å²) in [5, 5.41) is 3.10. The van der Waals surface area contributed by atoms with Crippen molar-refractivity contribution < 1.29 is 9.53 Å². The lowest BCUT2D eigenvalue weighted by atomic mass is 10.0. The summed E-state index contributed by atoms with van der Waals surface area (Å²) < 4.78 is 5.18. The van der Waals surface area contributed by atoms with Gasteiger partial charge in [0.05, 0.1) is 6.61 Å². The maximum absolute atomic E-state index is 13.2. The molecule has 5 nitrogen and oxygen atoms in total. The fourth-order valence-electron chi connectivity index (χ4n) is 3.48. The van der Waals surface area contributed by atoms with Crippen LogP contribution in [0.5, 0.6) is 0 Å². The smallest absolute Gasteiger partial charge is 0.246 e. The van der Waals surface area contributed by atoms with Crippen LogP contribution in [-0.4, -0.2) is 62.1 Å². The van der Waals surface area contributed by atoms with Gasteiger partial charge >= 0.3 is 0 Å². The zero-order chi connectivity index (χ0) is 19.1. The number of anilines is 1. The molecule has 1 heterocycles. The van der Waals surface area contributed by atoms with Crippen molar-refractivity contribution in [1.82, 2.24) is 9.80 Å². The largest absolute Gasteiger partial charge is 0.383 e. The van der Waals surface area contributed by atoms with Crippen molar-refractivity contribution >= 4 is 11.6 Å². The van der Waals surface area contributed by atoms with E-state index < -0.39 is 0 Å². The normalized spacial score (nSPS) is 16.8. The van der Waals surface area contributed by atoms with Crippen LogP contribution >= 0.6 is 0 Å². The van der Waals surface area contributed by atoms with E-state index in [1.165, 1.54) is 5.56 Å². The summed E-state index contributed by atoms with van der Waals surface area (Å²) in [7, 11) is 1.73. The highest BCUT2D eigenvalue weighted by Gasteiger charge is 2.30. The zero-order valence-electron chi connectivity index (χ0n) is 16.2. The van der Waals surface area contributed by atoms with E-state index in [0.29, 0.717) is 0 Å². The van der Waals surface area contributed by atoms with Gasteiger partial charge in [0.25, 0.3) is 0 Å². The first kappa shape index (κ1) is 19.5. The van der Waals surface area contributed by atoms with Crippen molar-refractivity contribution in [3.63, 3.8) is 0 Å². The number of aryl methyl sites for hydroxylation is 1. The van der Waals surface area contributed by atoms with Crippen LogP contribution in [0.2, 0.25) is 0 Å². The number of hydrogen-bond acceptors (Lipinski definition) is 4. The van der Waals surface area contributed by atoms with Crippen LogP contribution in [0.1, 0.15) is 17.2 Å². The molecule has 144 valence electrons. The topological polar surface area (TPSA) is 44.8 Å². The van der Waals surface area contributed by atoms with Crippen LogP contribution in [0, 0.1) is 6.92 Å². The molecule has 1 aliphatic rings. The lowest BCUT2D eigenvalue weighted by Crippen LogP contribution is -2.50. The Bertz CT molecular complexity index is 710. The highest BCUT2D eigenvalue weighted by molar-refractivity contribution is 5.95. The molecule has 0 aromatic heterocycles. The molecule has 0 saturated carbocycles. The lowest BCUT2D eigenvalue weighted by molar-refractivity contribution is -0.122. The Morgan fingerprint density at radius 2 is 1.70 bits per heavy atom. The van der Waals surface area contributed by atoms with Crippen LogP contribution in [0.4, 0.5) is 5.69 Å². The molecule has 1 aliphatic heterocycles. The molecule has 1 N–H and O–H groups in total. The molecule has 0 radical (unpaired) electrons. The van der Waals surface area contributed by atoms with Gasteiger partial charge in [0.1, 0.15) is 6.04 Å². The number of benzene rings is 2. The summed E-state index contributed by atoms with van der Waals surface area (Å²) in [6, 6.07) is 17.7. The highest BCUT2D eigenvalue weighted by atomic mass is 16.5. The molecule has 2 aromatic rings. The number of ether oxygens (including phenoxy) is 1. The predicted octanol–water partition coefficient (Wildman–Crippen LogP) is 2.94. The fraction of sp³-hybridized carbons (Fsp3) is 0.409. The first-order valence-corrected chi connectivity index (χ1v) is 9.55. The molecule has 1 saturated heterocycles. The first-order chi connectivity index (χ1) is 13.2. The summed E-state index contributed by atoms with van der Waals surface area (Å²) in [4.78, 5) is 17.8. The van der Waals surface area contributed by atoms with Crippen molar-refractivity contribution in [1.29, 1.82) is 0 Å². The van der Waals surface area contributed by atoms with E-state index in [1.807, 2.05) is 61.5 Å². The number of rotatable bonds is 7. The van der Waals surface area contributed by atoms with E-state index in [9.17, 15) is 4.79 Å². The van der Waals surface area contributed by atoms with Crippen LogP contribution in [0.25, 0.3) is 0 Å². The standard InChI is InChI=1S/C22H29N3O2/c1-18-8-10-20(11-9-18)23-22(26)21(19-6-4-3-5-7-19)25-14-12-24(13-15-25)16-17-27-2/h3-11,21H,12-17H2,1-2H3,(H,23,26)/t21-/m0/s1. The third kappa shape index (κ3) is 5.39. The van der Waals surface area contributed by atoms with Crippen molar-refractivity contribution in [3.05, 3.63) is 65.7 Å². The second kappa shape index (κ2) is 9.65. The van der Waals surface area contributed by atoms with Gasteiger partial charge in [-0.05, 0) is 24.6 Å². The molecule has 0 aliphatic carbocycles. The molecule has 2 aromatic carbocycles. The molecule has 27 heavy (non-hydrogen) atoms. The van der Waals surface area contributed by atoms with E-state index in [4.69, 9.17) is 4.74 Å². The minimum atomic E-state index is -0.280. The molecule has 1 amide bonds. The monoisotopic (exact) mass is 367 g/mol. The summed E-state index contributed by atoms with van der Waals surface area (Å²) in [5.41, 5.74) is 3.05. The molecule has 1 atom stereocenters. The van der Waals surface area contributed by atoms with Crippen LogP contribution in [-0.2, 0) is 9.53 Å². The maximum atomic E-state index is 13.2. The van der Waals surface area contributed by atoms with Gasteiger partial charge in [0, 0.05) is 45.5 Å². The Labute approximate surface area is 161 Å². The number of nitrogens with zero attached hydrogens (tertiary/aromatic N) is 2. The van der Waals surface area contributed by atoms with Crippen LogP contribution in [0.15, 0.2) is 54.6 Å². The fourth-order valence-corrected chi connectivity index (χ4v) is 3.48. The SMILES string of the molecule is COCCN1CCN([C@H](C(=O)Nc2ccc(C)cc2)c2ccccc2)CC1. The number of carbonyl (C=O) groups excluding carboxylic acids is 1. The molecule has 0 unspecified atom stereocenters. The van der Waals surface area contributed by atoms with Crippen molar-refractivity contribution in [2.75, 3.05) is 51.8 Å². The van der Waals surface area contributed by atoms with E-state index in [-0.39, 0.29) is 11.9 Å². The first-order valence-electron chi connectivity index (χ1n) is 9.55. The molecule has 5 heteroatoms. The minimum Gasteiger partial charge on any atom is -0.383 e. The number of nitrogens with one attached hydrogen (secondary N) is 1. The predicted molar refractivity (Wildman–Crippen MR) is 109 cm³/mol. The molecular weight excluding hydrogens is 338 g/mol. The van der Waals surface area contributed by atoms with E-state index >= 15 is 0 Å². The Balaban J connectivity index is 1.72. The zero-order valence-corrected chi connectivity index (χ0v) is 16.2. The minimum absolute atomic E-state index is 0.0235. The van der Waals surface area contributed by atoms with Crippen LogP contribution < -0.4 is 5.32 Å². The van der Waals surface area contributed by atoms with E-state index in [2.05, 4.69) is 15.1 Å². The molecule has 0 spiro atoms. The third-order valence-electron chi connectivity index (χ3n) is 5.07. The van der Waals surface area contributed by atoms with Crippen molar-refractivity contribution in [2.45, 2.75) is 13.0 Å². The maximum Gasteiger partial charge on any atom is 0.246 e. The number of carbonyl (C=O) groups is 1. The quantitative estimate of drug-likeness (QED) is 0.817. The average Bonchev–Trinajstić information content (AvgIpc) is 2.70. The second-order valence-corrected chi connectivity index (χ2v) is 7.04. The summed E-state index contributed by atoms with van der Waals surface area (Å²) >= 11 is 0. The Hall–Kier alpha value is -2.21. The number of amides is 1. The molecule has 1 fully saturated rings. The average molecular weight is 367 g/mol. The van der Waals surface area contributed by atoms with Gasteiger partial charge in [0.2, 0.25) is 5.91 Å². The van der Waals surface area contributed by atoms with Gasteiger partial charge in [-0.15, -0.1) is 0 Å². The lowest BCUT2D eigenvalue weighted by Gasteiger charge is -2.38. The summed E-state index contributed by atoms with van der Waals surface area (Å²) in [6.45, 7) is 7.36. The molecular formula is C22H29N3O2. The van der Waals surface area contributed by atoms with Gasteiger partial charge in [-0.25, -0.2) is 0 Å². The Kier molecular flexibility index (Phi) is 6.98. The summed E-state index contributed by atoms with van der Waals surface area (Å²) in [5.74, 6) is 0.0235. The van der Waals surface area contributed by atoms with Gasteiger partial charge in [-0.2, -0.15) is 0 Å². The Morgan fingerprint density at radius 1 is 1.04 bits per heavy atom. The third-order valence-corrected chi connectivity index (χ3v) is 5.07. The number of piperazine rings is 1. The van der Waals surface area contributed by atoms with Crippen molar-refractivity contribution in [2.24, 2.45) is 0 Å². The number of hydrogen-bond donors (Lipinski definition) is 1. The summed E-state index contributed by atoms with van der Waals surface area (Å²) in [6.07, 6.45) is 0. The van der Waals surface area contributed by atoms with E-state index in [0.717, 1.165) is 50.6 Å². The second-order valence-electron chi connectivity index (χ2n) is 7.04. The van der Waals surface area contributed by atoms with Gasteiger partial charge in [-0.3, -0.25) is 14.6 Å². The van der Waals surface area contributed by atoms with Crippen LogP contribution in [0.3, 0.4) is 0 Å².